The van der Waals surface area contributed by atoms with E-state index >= 15 is 0 Å². The molecule has 0 aromatic carbocycles. The van der Waals surface area contributed by atoms with E-state index in [9.17, 15) is 0 Å². The van der Waals surface area contributed by atoms with Gasteiger partial charge >= 0.3 is 0 Å². The summed E-state index contributed by atoms with van der Waals surface area (Å²) in [6.45, 7) is 1.94. The van der Waals surface area contributed by atoms with Crippen LogP contribution in [0.4, 0.5) is 0 Å². The van der Waals surface area contributed by atoms with E-state index < -0.39 is 0 Å². The second-order valence-corrected chi connectivity index (χ2v) is 2.93. The lowest BCUT2D eigenvalue weighted by Gasteiger charge is -1.89. The fraction of sp³-hybridized carbons (Fsp3) is 0.286. The highest BCUT2D eigenvalue weighted by atomic mass is 35.5. The molecule has 2 aromatic rings. The predicted molar refractivity (Wildman–Crippen MR) is 46.1 cm³/mol. The second kappa shape index (κ2) is 2.42. The van der Waals surface area contributed by atoms with Gasteiger partial charge in [-0.25, -0.2) is 9.97 Å². The topological polar surface area (TPSA) is 43.6 Å². The molecule has 0 amide bonds. The maximum atomic E-state index is 5.82. The molecule has 12 heavy (non-hydrogen) atoms. The van der Waals surface area contributed by atoms with Crippen LogP contribution in [0.5, 0.6) is 0 Å². The van der Waals surface area contributed by atoms with Gasteiger partial charge in [0.2, 0.25) is 0 Å². The zero-order valence-electron chi connectivity index (χ0n) is 6.74. The summed E-state index contributed by atoms with van der Waals surface area (Å²) in [4.78, 5) is 7.92. The number of aryl methyl sites for hydroxylation is 2. The van der Waals surface area contributed by atoms with E-state index in [-0.39, 0.29) is 0 Å². The number of hydrogen-bond acceptors (Lipinski definition) is 3. The molecule has 0 aliphatic rings. The minimum Gasteiger partial charge on any atom is -0.270 e. The van der Waals surface area contributed by atoms with Gasteiger partial charge < -0.3 is 0 Å². The van der Waals surface area contributed by atoms with Crippen molar-refractivity contribution in [3.8, 4) is 0 Å². The molecule has 0 saturated carbocycles. The summed E-state index contributed by atoms with van der Waals surface area (Å²) in [6.07, 6.45) is 1.44. The molecule has 2 aromatic heterocycles. The van der Waals surface area contributed by atoms with Crippen molar-refractivity contribution in [2.75, 3.05) is 0 Å². The Bertz CT molecular complexity index is 434. The maximum Gasteiger partial charge on any atom is 0.160 e. The molecule has 0 aliphatic carbocycles. The summed E-state index contributed by atoms with van der Waals surface area (Å²) in [5.74, 6) is 0. The third-order valence-electron chi connectivity index (χ3n) is 1.86. The summed E-state index contributed by atoms with van der Waals surface area (Å²) >= 11 is 5.82. The number of fused-ring (bicyclic) bond motifs is 1. The number of nitrogens with zero attached hydrogens (tertiary/aromatic N) is 4. The molecule has 0 fully saturated rings. The minimum atomic E-state index is 0.406. The molecule has 0 spiro atoms. The SMILES string of the molecule is Cc1c2ncnc(Cl)c2nn1C. The van der Waals surface area contributed by atoms with Gasteiger partial charge in [0, 0.05) is 7.05 Å². The average molecular weight is 183 g/mol. The average Bonchev–Trinajstić information content (AvgIpc) is 2.32. The highest BCUT2D eigenvalue weighted by Gasteiger charge is 2.08. The zero-order chi connectivity index (χ0) is 8.72. The molecule has 62 valence electrons. The van der Waals surface area contributed by atoms with Crippen molar-refractivity contribution >= 4 is 22.6 Å². The summed E-state index contributed by atoms with van der Waals surface area (Å²) in [6, 6.07) is 0. The predicted octanol–water partition coefficient (Wildman–Crippen LogP) is 1.33. The van der Waals surface area contributed by atoms with Gasteiger partial charge in [-0.15, -0.1) is 0 Å². The third kappa shape index (κ3) is 0.881. The summed E-state index contributed by atoms with van der Waals surface area (Å²) < 4.78 is 1.74. The van der Waals surface area contributed by atoms with Gasteiger partial charge in [-0.05, 0) is 6.92 Å². The normalized spacial score (nSPS) is 10.9. The first-order valence-electron chi connectivity index (χ1n) is 3.50. The largest absolute Gasteiger partial charge is 0.270 e. The first kappa shape index (κ1) is 7.49. The highest BCUT2D eigenvalue weighted by Crippen LogP contribution is 2.19. The summed E-state index contributed by atoms with van der Waals surface area (Å²) in [5.41, 5.74) is 2.48. The zero-order valence-corrected chi connectivity index (χ0v) is 7.50. The van der Waals surface area contributed by atoms with E-state index in [1.165, 1.54) is 6.33 Å². The lowest BCUT2D eigenvalue weighted by atomic mass is 10.4. The van der Waals surface area contributed by atoms with Crippen molar-refractivity contribution in [3.05, 3.63) is 17.2 Å². The molecular formula is C7H7ClN4. The second-order valence-electron chi connectivity index (χ2n) is 2.57. The van der Waals surface area contributed by atoms with Crippen LogP contribution < -0.4 is 0 Å². The van der Waals surface area contributed by atoms with Crippen LogP contribution in [-0.2, 0) is 7.05 Å². The Morgan fingerprint density at radius 1 is 1.33 bits per heavy atom. The standard InChI is InChI=1S/C7H7ClN4/c1-4-5-6(11-12(4)2)7(8)10-3-9-5/h3H,1-2H3. The van der Waals surface area contributed by atoms with Crippen molar-refractivity contribution in [1.82, 2.24) is 19.7 Å². The van der Waals surface area contributed by atoms with Gasteiger partial charge in [0.15, 0.2) is 5.15 Å². The Morgan fingerprint density at radius 3 is 2.75 bits per heavy atom. The molecule has 4 nitrogen and oxygen atoms in total. The van der Waals surface area contributed by atoms with E-state index in [1.807, 2.05) is 14.0 Å². The molecule has 0 unspecified atom stereocenters. The van der Waals surface area contributed by atoms with Gasteiger partial charge in [-0.1, -0.05) is 11.6 Å². The van der Waals surface area contributed by atoms with Crippen LogP contribution in [0.25, 0.3) is 11.0 Å². The maximum absolute atomic E-state index is 5.82. The van der Waals surface area contributed by atoms with Crippen molar-refractivity contribution in [3.63, 3.8) is 0 Å². The van der Waals surface area contributed by atoms with Crippen LogP contribution in [-0.4, -0.2) is 19.7 Å². The van der Waals surface area contributed by atoms with Crippen LogP contribution in [0, 0.1) is 6.92 Å². The Balaban J connectivity index is 2.95. The van der Waals surface area contributed by atoms with E-state index in [4.69, 9.17) is 11.6 Å². The van der Waals surface area contributed by atoms with Gasteiger partial charge in [0.05, 0.1) is 5.69 Å². The molecule has 2 rings (SSSR count). The van der Waals surface area contributed by atoms with E-state index in [0.717, 1.165) is 11.2 Å². The molecule has 0 N–H and O–H groups in total. The Morgan fingerprint density at radius 2 is 2.08 bits per heavy atom. The van der Waals surface area contributed by atoms with Gasteiger partial charge in [0.25, 0.3) is 0 Å². The van der Waals surface area contributed by atoms with Gasteiger partial charge in [-0.3, -0.25) is 4.68 Å². The van der Waals surface area contributed by atoms with Gasteiger partial charge in [-0.2, -0.15) is 5.10 Å². The van der Waals surface area contributed by atoms with Crippen LogP contribution in [0.3, 0.4) is 0 Å². The summed E-state index contributed by atoms with van der Waals surface area (Å²) in [5, 5.41) is 4.58. The molecule has 0 aliphatic heterocycles. The number of aromatic nitrogens is 4. The number of hydrogen-bond donors (Lipinski definition) is 0. The Labute approximate surface area is 74.2 Å². The van der Waals surface area contributed by atoms with Crippen LogP contribution in [0.1, 0.15) is 5.69 Å². The monoisotopic (exact) mass is 182 g/mol. The first-order chi connectivity index (χ1) is 5.70. The van der Waals surface area contributed by atoms with E-state index in [0.29, 0.717) is 10.7 Å². The fourth-order valence-electron chi connectivity index (χ4n) is 1.09. The van der Waals surface area contributed by atoms with E-state index in [1.54, 1.807) is 4.68 Å². The molecule has 0 bridgehead atoms. The van der Waals surface area contributed by atoms with Crippen LogP contribution >= 0.6 is 11.6 Å². The third-order valence-corrected chi connectivity index (χ3v) is 2.13. The van der Waals surface area contributed by atoms with Crippen molar-refractivity contribution in [2.24, 2.45) is 7.05 Å². The molecular weight excluding hydrogens is 176 g/mol. The Kier molecular flexibility index (Phi) is 1.51. The van der Waals surface area contributed by atoms with Crippen molar-refractivity contribution in [2.45, 2.75) is 6.92 Å². The molecule has 5 heteroatoms. The summed E-state index contributed by atoms with van der Waals surface area (Å²) in [7, 11) is 1.85. The lowest BCUT2D eigenvalue weighted by Crippen LogP contribution is -1.91. The number of halogens is 1. The van der Waals surface area contributed by atoms with Crippen molar-refractivity contribution in [1.29, 1.82) is 0 Å². The first-order valence-corrected chi connectivity index (χ1v) is 3.87. The molecule has 0 saturated heterocycles. The molecule has 0 atom stereocenters. The van der Waals surface area contributed by atoms with Gasteiger partial charge in [0.1, 0.15) is 17.4 Å². The van der Waals surface area contributed by atoms with E-state index in [2.05, 4.69) is 15.1 Å². The van der Waals surface area contributed by atoms with Crippen LogP contribution in [0.15, 0.2) is 6.33 Å². The Hall–Kier alpha value is -1.16. The molecule has 0 radical (unpaired) electrons. The fourth-order valence-corrected chi connectivity index (χ4v) is 1.26. The quantitative estimate of drug-likeness (QED) is 0.578. The smallest absolute Gasteiger partial charge is 0.160 e. The van der Waals surface area contributed by atoms with Crippen LogP contribution in [0.2, 0.25) is 5.15 Å². The lowest BCUT2D eigenvalue weighted by molar-refractivity contribution is 0.750. The minimum absolute atomic E-state index is 0.406. The van der Waals surface area contributed by atoms with Crippen molar-refractivity contribution < 1.29 is 0 Å². The molecule has 2 heterocycles. The highest BCUT2D eigenvalue weighted by molar-refractivity contribution is 6.33. The number of rotatable bonds is 0.